The number of methoxy groups -OCH3 is 2. The Morgan fingerprint density at radius 3 is 1.60 bits per heavy atom. The van der Waals surface area contributed by atoms with Crippen LogP contribution in [-0.4, -0.2) is 69.4 Å². The van der Waals surface area contributed by atoms with Crippen LogP contribution in [-0.2, 0) is 19.2 Å². The number of benzene rings is 2. The normalized spacial score (nSPS) is 16.6. The molecule has 4 rings (SSSR count). The van der Waals surface area contributed by atoms with E-state index < -0.39 is 5.91 Å². The minimum absolute atomic E-state index is 0.0286. The van der Waals surface area contributed by atoms with Gasteiger partial charge in [0.1, 0.15) is 20.1 Å². The second-order valence-corrected chi connectivity index (χ2v) is 13.2. The van der Waals surface area contributed by atoms with Crippen molar-refractivity contribution in [2.24, 2.45) is 0 Å². The van der Waals surface area contributed by atoms with Crippen molar-refractivity contribution in [2.75, 3.05) is 27.3 Å². The first-order chi connectivity index (χ1) is 21.7. The molecule has 2 saturated heterocycles. The van der Waals surface area contributed by atoms with Crippen LogP contribution < -0.4 is 20.3 Å². The summed E-state index contributed by atoms with van der Waals surface area (Å²) in [5, 5.41) is 0. The number of carbonyl (C=O) groups excluding carboxylic acids is 4. The van der Waals surface area contributed by atoms with E-state index in [1.807, 2.05) is 42.5 Å². The highest BCUT2D eigenvalue weighted by atomic mass is 32.2. The second-order valence-electron chi connectivity index (χ2n) is 9.87. The molecular formula is C31H32N4O6S4. The average Bonchev–Trinajstić information content (AvgIpc) is 3.46. The third-order valence-electron chi connectivity index (χ3n) is 6.76. The highest BCUT2D eigenvalue weighted by Gasteiger charge is 2.33. The molecule has 0 atom stereocenters. The summed E-state index contributed by atoms with van der Waals surface area (Å²) < 4.78 is 11.2. The van der Waals surface area contributed by atoms with Crippen molar-refractivity contribution in [1.29, 1.82) is 0 Å². The van der Waals surface area contributed by atoms with Crippen molar-refractivity contribution in [3.05, 3.63) is 69.5 Å². The maximum atomic E-state index is 12.8. The molecule has 14 heteroatoms. The van der Waals surface area contributed by atoms with Gasteiger partial charge in [0, 0.05) is 25.9 Å². The summed E-state index contributed by atoms with van der Waals surface area (Å²) >= 11 is 13.2. The fourth-order valence-corrected chi connectivity index (χ4v) is 6.92. The lowest BCUT2D eigenvalue weighted by atomic mass is 10.1. The lowest BCUT2D eigenvalue weighted by Crippen LogP contribution is -2.43. The molecular weight excluding hydrogens is 653 g/mol. The predicted octanol–water partition coefficient (Wildman–Crippen LogP) is 4.90. The predicted molar refractivity (Wildman–Crippen MR) is 185 cm³/mol. The molecule has 0 bridgehead atoms. The molecule has 0 aliphatic carbocycles. The molecule has 0 saturated carbocycles. The van der Waals surface area contributed by atoms with Gasteiger partial charge in [-0.2, -0.15) is 0 Å². The summed E-state index contributed by atoms with van der Waals surface area (Å²) in [7, 11) is 3.18. The SMILES string of the molecule is COc1ccc(C=C2SC(=S)N(CCCCCC(=O)NNC(=O)CCN3C(=O)C(=Cc4ccc(OC)cc4)SC3=S)C2=O)cc1. The van der Waals surface area contributed by atoms with Crippen molar-refractivity contribution in [2.45, 2.75) is 32.1 Å². The quantitative estimate of drug-likeness (QED) is 0.131. The van der Waals surface area contributed by atoms with Gasteiger partial charge < -0.3 is 9.47 Å². The number of carbonyl (C=O) groups is 4. The third-order valence-corrected chi connectivity index (χ3v) is 9.52. The molecule has 2 aliphatic rings. The van der Waals surface area contributed by atoms with E-state index in [1.165, 1.54) is 28.4 Å². The Morgan fingerprint density at radius 2 is 1.13 bits per heavy atom. The standard InChI is InChI=1S/C31H32N4O6S4/c1-40-22-11-7-20(8-12-22)18-24-28(38)34(30(42)44-24)16-5-3-4-6-26(36)32-33-27(37)15-17-35-29(39)25(45-31(35)43)19-21-9-13-23(41-2)14-10-21/h7-14,18-19H,3-6,15-17H2,1-2H3,(H,32,36)(H,33,37). The van der Waals surface area contributed by atoms with Gasteiger partial charge in [-0.1, -0.05) is 78.6 Å². The number of rotatable bonds is 13. The maximum absolute atomic E-state index is 12.8. The topological polar surface area (TPSA) is 117 Å². The molecule has 0 aromatic heterocycles. The fourth-order valence-electron chi connectivity index (χ4n) is 4.30. The summed E-state index contributed by atoms with van der Waals surface area (Å²) in [5.41, 5.74) is 6.51. The monoisotopic (exact) mass is 684 g/mol. The van der Waals surface area contributed by atoms with Gasteiger partial charge in [0.2, 0.25) is 11.8 Å². The van der Waals surface area contributed by atoms with Gasteiger partial charge in [-0.3, -0.25) is 39.8 Å². The first-order valence-electron chi connectivity index (χ1n) is 14.0. The molecule has 0 radical (unpaired) electrons. The molecule has 236 valence electrons. The minimum Gasteiger partial charge on any atom is -0.497 e. The summed E-state index contributed by atoms with van der Waals surface area (Å²) in [4.78, 5) is 54.2. The number of nitrogens with one attached hydrogen (secondary N) is 2. The van der Waals surface area contributed by atoms with Gasteiger partial charge in [-0.25, -0.2) is 0 Å². The molecule has 2 heterocycles. The molecule has 2 aliphatic heterocycles. The number of ether oxygens (including phenoxy) is 2. The molecule has 2 aromatic carbocycles. The van der Waals surface area contributed by atoms with Crippen LogP contribution in [0.3, 0.4) is 0 Å². The number of unbranched alkanes of at least 4 members (excludes halogenated alkanes) is 2. The van der Waals surface area contributed by atoms with E-state index in [9.17, 15) is 19.2 Å². The van der Waals surface area contributed by atoms with Gasteiger partial charge in [-0.15, -0.1) is 0 Å². The van der Waals surface area contributed by atoms with E-state index in [2.05, 4.69) is 10.9 Å². The van der Waals surface area contributed by atoms with Gasteiger partial charge in [0.25, 0.3) is 11.8 Å². The summed E-state index contributed by atoms with van der Waals surface area (Å²) in [5.74, 6) is 0.297. The molecule has 0 unspecified atom stereocenters. The lowest BCUT2D eigenvalue weighted by Gasteiger charge is -2.15. The summed E-state index contributed by atoms with van der Waals surface area (Å²) in [6.45, 7) is 0.564. The Balaban J connectivity index is 1.11. The number of nitrogens with zero attached hydrogens (tertiary/aromatic N) is 2. The molecule has 45 heavy (non-hydrogen) atoms. The number of hydrogen-bond acceptors (Lipinski definition) is 10. The number of thiocarbonyl (C=S) groups is 2. The van der Waals surface area contributed by atoms with Crippen molar-refractivity contribution < 1.29 is 28.7 Å². The van der Waals surface area contributed by atoms with Crippen LogP contribution in [0.25, 0.3) is 12.2 Å². The highest BCUT2D eigenvalue weighted by molar-refractivity contribution is 8.27. The number of amides is 4. The van der Waals surface area contributed by atoms with Gasteiger partial charge in [-0.05, 0) is 60.4 Å². The van der Waals surface area contributed by atoms with Crippen LogP contribution in [0.2, 0.25) is 0 Å². The number of thioether (sulfide) groups is 2. The first kappa shape index (κ1) is 34.2. The molecule has 4 amide bonds. The van der Waals surface area contributed by atoms with E-state index >= 15 is 0 Å². The summed E-state index contributed by atoms with van der Waals surface area (Å²) in [6.07, 6.45) is 5.70. The Hall–Kier alpha value is -3.72. The van der Waals surface area contributed by atoms with Gasteiger partial charge in [0.05, 0.1) is 24.0 Å². The Bertz CT molecular complexity index is 1530. The van der Waals surface area contributed by atoms with Crippen molar-refractivity contribution in [3.8, 4) is 11.5 Å². The Kier molecular flexibility index (Phi) is 12.6. The van der Waals surface area contributed by atoms with E-state index in [-0.39, 0.29) is 37.1 Å². The first-order valence-corrected chi connectivity index (χ1v) is 16.5. The number of hydrazine groups is 1. The van der Waals surface area contributed by atoms with Gasteiger partial charge in [0.15, 0.2) is 0 Å². The molecule has 2 N–H and O–H groups in total. The molecule has 0 spiro atoms. The fraction of sp³-hybridized carbons (Fsp3) is 0.290. The van der Waals surface area contributed by atoms with Crippen LogP contribution in [0.4, 0.5) is 0 Å². The van der Waals surface area contributed by atoms with Crippen LogP contribution in [0, 0.1) is 0 Å². The van der Waals surface area contributed by atoms with Crippen molar-refractivity contribution in [1.82, 2.24) is 20.7 Å². The largest absolute Gasteiger partial charge is 0.497 e. The van der Waals surface area contributed by atoms with E-state index in [1.54, 1.807) is 37.3 Å². The molecule has 2 fully saturated rings. The van der Waals surface area contributed by atoms with Crippen LogP contribution >= 0.6 is 48.0 Å². The van der Waals surface area contributed by atoms with E-state index in [0.29, 0.717) is 50.0 Å². The zero-order valence-electron chi connectivity index (χ0n) is 24.7. The zero-order valence-corrected chi connectivity index (χ0v) is 28.0. The highest BCUT2D eigenvalue weighted by Crippen LogP contribution is 2.34. The maximum Gasteiger partial charge on any atom is 0.266 e. The molecule has 10 nitrogen and oxygen atoms in total. The van der Waals surface area contributed by atoms with E-state index in [4.69, 9.17) is 33.9 Å². The Labute approximate surface area is 280 Å². The van der Waals surface area contributed by atoms with Gasteiger partial charge >= 0.3 is 0 Å². The number of hydrogen-bond donors (Lipinski definition) is 2. The minimum atomic E-state index is -0.436. The van der Waals surface area contributed by atoms with Crippen LogP contribution in [0.15, 0.2) is 58.3 Å². The van der Waals surface area contributed by atoms with Crippen LogP contribution in [0.1, 0.15) is 43.2 Å². The van der Waals surface area contributed by atoms with Crippen molar-refractivity contribution in [3.63, 3.8) is 0 Å². The third kappa shape index (κ3) is 9.63. The second kappa shape index (κ2) is 16.5. The smallest absolute Gasteiger partial charge is 0.266 e. The average molecular weight is 685 g/mol. The summed E-state index contributed by atoms with van der Waals surface area (Å²) in [6, 6.07) is 14.7. The van der Waals surface area contributed by atoms with E-state index in [0.717, 1.165) is 16.9 Å². The zero-order chi connectivity index (χ0) is 32.3. The van der Waals surface area contributed by atoms with Crippen LogP contribution in [0.5, 0.6) is 11.5 Å². The molecule has 2 aromatic rings. The lowest BCUT2D eigenvalue weighted by molar-refractivity contribution is -0.129. The Morgan fingerprint density at radius 1 is 0.689 bits per heavy atom. The van der Waals surface area contributed by atoms with Crippen molar-refractivity contribution >= 4 is 92.4 Å².